The van der Waals surface area contributed by atoms with E-state index in [1.807, 2.05) is 31.2 Å². The van der Waals surface area contributed by atoms with Gasteiger partial charge in [0.15, 0.2) is 0 Å². The number of pyridine rings is 1. The van der Waals surface area contributed by atoms with Crippen LogP contribution in [0.4, 0.5) is 11.5 Å². The lowest BCUT2D eigenvalue weighted by atomic mass is 10.1. The van der Waals surface area contributed by atoms with Crippen LogP contribution in [0, 0.1) is 6.92 Å². The first kappa shape index (κ1) is 23.0. The number of methoxy groups -OCH3 is 1. The topological polar surface area (TPSA) is 91.8 Å². The summed E-state index contributed by atoms with van der Waals surface area (Å²) in [6.07, 6.45) is 1.64. The third-order valence-corrected chi connectivity index (χ3v) is 5.76. The van der Waals surface area contributed by atoms with Crippen molar-refractivity contribution < 1.29 is 19.1 Å². The number of aryl methyl sites for hydroxylation is 1. The summed E-state index contributed by atoms with van der Waals surface area (Å²) < 4.78 is 4.69. The summed E-state index contributed by atoms with van der Waals surface area (Å²) in [4.78, 5) is 45.2. The largest absolute Gasteiger partial charge is 0.465 e. The molecule has 2 aromatic carbocycles. The van der Waals surface area contributed by atoms with Crippen LogP contribution in [0.15, 0.2) is 66.9 Å². The molecule has 174 valence electrons. The van der Waals surface area contributed by atoms with E-state index in [1.165, 1.54) is 7.11 Å². The Morgan fingerprint density at radius 2 is 1.44 bits per heavy atom. The van der Waals surface area contributed by atoms with Crippen molar-refractivity contribution in [2.24, 2.45) is 0 Å². The summed E-state index contributed by atoms with van der Waals surface area (Å²) in [5.74, 6) is 0.114. The van der Waals surface area contributed by atoms with E-state index >= 15 is 0 Å². The molecule has 1 aliphatic rings. The number of hydrogen-bond donors (Lipinski definition) is 1. The summed E-state index contributed by atoms with van der Waals surface area (Å²) in [5, 5.41) is 2.86. The number of carbonyl (C=O) groups is 3. The molecule has 0 saturated carbocycles. The van der Waals surface area contributed by atoms with Crippen LogP contribution in [0.1, 0.15) is 36.6 Å². The molecule has 34 heavy (non-hydrogen) atoms. The Kier molecular flexibility index (Phi) is 6.87. The Balaban J connectivity index is 1.31. The third-order valence-electron chi connectivity index (χ3n) is 5.76. The van der Waals surface area contributed by atoms with Gasteiger partial charge in [-0.2, -0.15) is 0 Å². The number of anilines is 2. The number of esters is 1. The summed E-state index contributed by atoms with van der Waals surface area (Å²) in [5.41, 5.74) is 3.26. The van der Waals surface area contributed by atoms with Crippen molar-refractivity contribution in [3.63, 3.8) is 0 Å². The highest BCUT2D eigenvalue weighted by atomic mass is 16.5. The molecule has 1 N–H and O–H groups in total. The van der Waals surface area contributed by atoms with Gasteiger partial charge in [0.2, 0.25) is 0 Å². The molecule has 8 heteroatoms. The number of nitrogens with zero attached hydrogens (tertiary/aromatic N) is 3. The molecular weight excluding hydrogens is 432 g/mol. The van der Waals surface area contributed by atoms with Crippen LogP contribution < -0.4 is 10.2 Å². The van der Waals surface area contributed by atoms with Gasteiger partial charge in [0.25, 0.3) is 11.8 Å². The Morgan fingerprint density at radius 1 is 0.824 bits per heavy atom. The van der Waals surface area contributed by atoms with E-state index in [0.717, 1.165) is 11.4 Å². The van der Waals surface area contributed by atoms with Crippen molar-refractivity contribution in [1.29, 1.82) is 0 Å². The summed E-state index contributed by atoms with van der Waals surface area (Å²) in [7, 11) is 1.32. The van der Waals surface area contributed by atoms with Gasteiger partial charge in [0.1, 0.15) is 5.82 Å². The van der Waals surface area contributed by atoms with Gasteiger partial charge >= 0.3 is 5.97 Å². The minimum absolute atomic E-state index is 0.0711. The second-order valence-electron chi connectivity index (χ2n) is 8.07. The zero-order chi connectivity index (χ0) is 24.1. The third kappa shape index (κ3) is 5.23. The highest BCUT2D eigenvalue weighted by Crippen LogP contribution is 2.18. The van der Waals surface area contributed by atoms with Crippen molar-refractivity contribution in [2.45, 2.75) is 6.92 Å². The number of hydrogen-bond acceptors (Lipinski definition) is 6. The zero-order valence-electron chi connectivity index (χ0n) is 19.2. The molecule has 2 amide bonds. The number of piperazine rings is 1. The highest BCUT2D eigenvalue weighted by Gasteiger charge is 2.23. The van der Waals surface area contributed by atoms with E-state index in [4.69, 9.17) is 4.74 Å². The quantitative estimate of drug-likeness (QED) is 0.590. The number of benzene rings is 2. The average molecular weight is 459 g/mol. The summed E-state index contributed by atoms with van der Waals surface area (Å²) in [6, 6.07) is 17.6. The number of carbonyl (C=O) groups excluding carboxylic acids is 3. The lowest BCUT2D eigenvalue weighted by molar-refractivity contribution is 0.0599. The van der Waals surface area contributed by atoms with Gasteiger partial charge < -0.3 is 19.9 Å². The molecule has 2 heterocycles. The van der Waals surface area contributed by atoms with E-state index in [2.05, 4.69) is 15.2 Å². The van der Waals surface area contributed by atoms with Crippen LogP contribution >= 0.6 is 0 Å². The molecule has 3 aromatic rings. The Labute approximate surface area is 198 Å². The summed E-state index contributed by atoms with van der Waals surface area (Å²) >= 11 is 0. The molecule has 0 aliphatic carbocycles. The van der Waals surface area contributed by atoms with Crippen molar-refractivity contribution in [1.82, 2.24) is 9.88 Å². The van der Waals surface area contributed by atoms with Crippen LogP contribution in [0.5, 0.6) is 0 Å². The maximum absolute atomic E-state index is 12.8. The first-order chi connectivity index (χ1) is 16.4. The standard InChI is InChI=1S/C26H26N4O4/c1-18-3-5-19(6-4-18)24(31)28-22-11-12-23(27-17-22)29-13-15-30(16-14-29)25(32)20-7-9-21(10-8-20)26(33)34-2/h3-12,17H,13-16H2,1-2H3,(H,28,31). The second kappa shape index (κ2) is 10.2. The lowest BCUT2D eigenvalue weighted by Crippen LogP contribution is -2.49. The van der Waals surface area contributed by atoms with Crippen molar-refractivity contribution >= 4 is 29.3 Å². The van der Waals surface area contributed by atoms with Crippen LogP contribution in [0.25, 0.3) is 0 Å². The van der Waals surface area contributed by atoms with Crippen LogP contribution in [0.3, 0.4) is 0 Å². The molecule has 0 spiro atoms. The van der Waals surface area contributed by atoms with Gasteiger partial charge in [-0.05, 0) is 55.5 Å². The normalized spacial score (nSPS) is 13.4. The molecule has 1 fully saturated rings. The first-order valence-corrected chi connectivity index (χ1v) is 11.0. The molecule has 0 radical (unpaired) electrons. The fourth-order valence-electron chi connectivity index (χ4n) is 3.74. The van der Waals surface area contributed by atoms with Gasteiger partial charge in [-0.1, -0.05) is 17.7 Å². The van der Waals surface area contributed by atoms with Crippen LogP contribution in [-0.2, 0) is 4.74 Å². The number of ether oxygens (including phenoxy) is 1. The number of rotatable bonds is 5. The molecule has 4 rings (SSSR count). The van der Waals surface area contributed by atoms with Gasteiger partial charge in [-0.25, -0.2) is 9.78 Å². The van der Waals surface area contributed by atoms with Crippen LogP contribution in [0.2, 0.25) is 0 Å². The Morgan fingerprint density at radius 3 is 2.03 bits per heavy atom. The Bertz CT molecular complexity index is 1170. The number of amides is 2. The predicted molar refractivity (Wildman–Crippen MR) is 129 cm³/mol. The van der Waals surface area contributed by atoms with E-state index in [-0.39, 0.29) is 11.8 Å². The maximum Gasteiger partial charge on any atom is 0.337 e. The van der Waals surface area contributed by atoms with Gasteiger partial charge in [-0.3, -0.25) is 9.59 Å². The first-order valence-electron chi connectivity index (χ1n) is 11.0. The molecule has 0 atom stereocenters. The van der Waals surface area contributed by atoms with E-state index in [0.29, 0.717) is 48.6 Å². The summed E-state index contributed by atoms with van der Waals surface area (Å²) in [6.45, 7) is 4.39. The second-order valence-corrected chi connectivity index (χ2v) is 8.07. The monoisotopic (exact) mass is 458 g/mol. The minimum Gasteiger partial charge on any atom is -0.465 e. The van der Waals surface area contributed by atoms with Crippen LogP contribution in [-0.4, -0.2) is 61.0 Å². The van der Waals surface area contributed by atoms with Crippen molar-refractivity contribution in [3.8, 4) is 0 Å². The van der Waals surface area contributed by atoms with Crippen molar-refractivity contribution in [2.75, 3.05) is 43.5 Å². The van der Waals surface area contributed by atoms with Crippen molar-refractivity contribution in [3.05, 3.63) is 89.1 Å². The number of nitrogens with one attached hydrogen (secondary N) is 1. The van der Waals surface area contributed by atoms with Gasteiger partial charge in [0.05, 0.1) is 24.6 Å². The zero-order valence-corrected chi connectivity index (χ0v) is 19.2. The van der Waals surface area contributed by atoms with E-state index < -0.39 is 5.97 Å². The SMILES string of the molecule is COC(=O)c1ccc(C(=O)N2CCN(c3ccc(NC(=O)c4ccc(C)cc4)cn3)CC2)cc1. The maximum atomic E-state index is 12.8. The minimum atomic E-state index is -0.430. The smallest absolute Gasteiger partial charge is 0.337 e. The number of aromatic nitrogens is 1. The van der Waals surface area contributed by atoms with Gasteiger partial charge in [-0.15, -0.1) is 0 Å². The Hall–Kier alpha value is -4.20. The molecule has 8 nitrogen and oxygen atoms in total. The lowest BCUT2D eigenvalue weighted by Gasteiger charge is -2.35. The van der Waals surface area contributed by atoms with Gasteiger partial charge in [0, 0.05) is 37.3 Å². The van der Waals surface area contributed by atoms with E-state index in [1.54, 1.807) is 47.5 Å². The molecular formula is C26H26N4O4. The van der Waals surface area contributed by atoms with E-state index in [9.17, 15) is 14.4 Å². The fourth-order valence-corrected chi connectivity index (χ4v) is 3.74. The predicted octanol–water partition coefficient (Wildman–Crippen LogP) is 3.39. The fraction of sp³-hybridized carbons (Fsp3) is 0.231. The molecule has 1 aromatic heterocycles. The molecule has 0 bridgehead atoms. The average Bonchev–Trinajstić information content (AvgIpc) is 2.89. The molecule has 0 unspecified atom stereocenters. The molecule has 1 saturated heterocycles. The highest BCUT2D eigenvalue weighted by molar-refractivity contribution is 6.04. The molecule has 1 aliphatic heterocycles.